The quantitative estimate of drug-likeness (QED) is 0.407. The third kappa shape index (κ3) is 4.15. The maximum atomic E-state index is 12.6. The molecule has 1 fully saturated rings. The van der Waals surface area contributed by atoms with Gasteiger partial charge in [0.1, 0.15) is 12.2 Å². The molecule has 25 heavy (non-hydrogen) atoms. The van der Waals surface area contributed by atoms with Crippen LogP contribution in [0.15, 0.2) is 43.0 Å². The first-order chi connectivity index (χ1) is 12.1. The third-order valence-electron chi connectivity index (χ3n) is 4.36. The Bertz CT molecular complexity index is 599. The van der Waals surface area contributed by atoms with Crippen molar-refractivity contribution < 1.29 is 28.5 Å². The van der Waals surface area contributed by atoms with Gasteiger partial charge in [0, 0.05) is 20.6 Å². The van der Waals surface area contributed by atoms with Crippen LogP contribution >= 0.6 is 0 Å². The highest BCUT2D eigenvalue weighted by Crippen LogP contribution is 2.33. The Morgan fingerprint density at radius 3 is 2.64 bits per heavy atom. The third-order valence-corrected chi connectivity index (χ3v) is 4.36. The zero-order chi connectivity index (χ0) is 18.3. The van der Waals surface area contributed by atoms with Crippen molar-refractivity contribution in [1.29, 1.82) is 0 Å². The molecule has 136 valence electrons. The number of carbonyl (C=O) groups is 2. The SMILES string of the molecule is C=CCOC[C@]1(OC)C(=O)CC[C@@H](OC(=O)c2ccccc2)[C@H]1OC. The Labute approximate surface area is 147 Å². The molecule has 1 aromatic carbocycles. The predicted molar refractivity (Wildman–Crippen MR) is 91.4 cm³/mol. The Morgan fingerprint density at radius 2 is 2.04 bits per heavy atom. The van der Waals surface area contributed by atoms with Gasteiger partial charge in [-0.1, -0.05) is 24.3 Å². The molecule has 0 spiro atoms. The van der Waals surface area contributed by atoms with Gasteiger partial charge in [-0.05, 0) is 18.6 Å². The second kappa shape index (κ2) is 8.89. The van der Waals surface area contributed by atoms with Gasteiger partial charge in [0.15, 0.2) is 11.4 Å². The van der Waals surface area contributed by atoms with Crippen LogP contribution in [0.25, 0.3) is 0 Å². The monoisotopic (exact) mass is 348 g/mol. The van der Waals surface area contributed by atoms with Gasteiger partial charge in [0.05, 0.1) is 18.8 Å². The molecule has 0 heterocycles. The number of hydrogen-bond acceptors (Lipinski definition) is 6. The van der Waals surface area contributed by atoms with Crippen molar-refractivity contribution in [1.82, 2.24) is 0 Å². The van der Waals surface area contributed by atoms with Gasteiger partial charge in [0.25, 0.3) is 0 Å². The average Bonchev–Trinajstić information content (AvgIpc) is 2.65. The van der Waals surface area contributed by atoms with Gasteiger partial charge in [-0.15, -0.1) is 6.58 Å². The van der Waals surface area contributed by atoms with Crippen molar-refractivity contribution in [3.05, 3.63) is 48.6 Å². The van der Waals surface area contributed by atoms with Gasteiger partial charge in [-0.3, -0.25) is 4.79 Å². The number of ether oxygens (including phenoxy) is 4. The van der Waals surface area contributed by atoms with Crippen LogP contribution in [0, 0.1) is 0 Å². The van der Waals surface area contributed by atoms with Crippen LogP contribution in [-0.2, 0) is 23.7 Å². The molecule has 0 aromatic heterocycles. The topological polar surface area (TPSA) is 71.1 Å². The summed E-state index contributed by atoms with van der Waals surface area (Å²) in [6.07, 6.45) is 0.824. The standard InChI is InChI=1S/C19H24O6/c1-4-12-24-13-19(23-3)16(20)11-10-15(17(19)22-2)25-18(21)14-8-6-5-7-9-14/h4-9,15,17H,1,10-13H2,2-3H3/t15-,17-,19+/m1/s1. The molecule has 0 amide bonds. The molecule has 1 saturated carbocycles. The Kier molecular flexibility index (Phi) is 6.87. The Hall–Kier alpha value is -2.02. The number of carbonyl (C=O) groups excluding carboxylic acids is 2. The van der Waals surface area contributed by atoms with Crippen LogP contribution < -0.4 is 0 Å². The van der Waals surface area contributed by atoms with Crippen LogP contribution in [0.4, 0.5) is 0 Å². The van der Waals surface area contributed by atoms with E-state index in [1.54, 1.807) is 30.3 Å². The molecule has 1 aliphatic rings. The first kappa shape index (κ1) is 19.3. The number of ketones is 1. The lowest BCUT2D eigenvalue weighted by atomic mass is 9.79. The minimum absolute atomic E-state index is 0.00620. The largest absolute Gasteiger partial charge is 0.456 e. The maximum absolute atomic E-state index is 12.6. The number of benzene rings is 1. The van der Waals surface area contributed by atoms with Crippen LogP contribution in [0.2, 0.25) is 0 Å². The van der Waals surface area contributed by atoms with Crippen LogP contribution in [0.3, 0.4) is 0 Å². The summed E-state index contributed by atoms with van der Waals surface area (Å²) in [6.45, 7) is 3.87. The highest BCUT2D eigenvalue weighted by atomic mass is 16.6. The van der Waals surface area contributed by atoms with Crippen molar-refractivity contribution in [2.24, 2.45) is 0 Å². The van der Waals surface area contributed by atoms with E-state index >= 15 is 0 Å². The molecule has 6 nitrogen and oxygen atoms in total. The van der Waals surface area contributed by atoms with E-state index in [2.05, 4.69) is 6.58 Å². The van der Waals surface area contributed by atoms with E-state index in [1.165, 1.54) is 14.2 Å². The Morgan fingerprint density at radius 1 is 1.32 bits per heavy atom. The second-order valence-electron chi connectivity index (χ2n) is 5.83. The smallest absolute Gasteiger partial charge is 0.338 e. The summed E-state index contributed by atoms with van der Waals surface area (Å²) in [5.41, 5.74) is -0.863. The van der Waals surface area contributed by atoms with Gasteiger partial charge in [-0.25, -0.2) is 4.79 Å². The molecule has 6 heteroatoms. The second-order valence-corrected chi connectivity index (χ2v) is 5.83. The Balaban J connectivity index is 2.19. The normalized spacial score (nSPS) is 26.2. The lowest BCUT2D eigenvalue weighted by Gasteiger charge is -2.43. The van der Waals surface area contributed by atoms with E-state index in [9.17, 15) is 9.59 Å². The molecular weight excluding hydrogens is 324 g/mol. The van der Waals surface area contributed by atoms with Crippen LogP contribution in [0.1, 0.15) is 23.2 Å². The summed E-state index contributed by atoms with van der Waals surface area (Å²) >= 11 is 0. The summed E-state index contributed by atoms with van der Waals surface area (Å²) in [5.74, 6) is -0.586. The van der Waals surface area contributed by atoms with Crippen LogP contribution in [0.5, 0.6) is 0 Å². The highest BCUT2D eigenvalue weighted by Gasteiger charge is 2.54. The van der Waals surface area contributed by atoms with Crippen molar-refractivity contribution >= 4 is 11.8 Å². The molecule has 3 atom stereocenters. The summed E-state index contributed by atoms with van der Waals surface area (Å²) in [5, 5.41) is 0. The molecular formula is C19H24O6. The molecule has 1 aliphatic carbocycles. The number of hydrogen-bond donors (Lipinski definition) is 0. The molecule has 0 N–H and O–H groups in total. The van der Waals surface area contributed by atoms with Gasteiger partial charge < -0.3 is 18.9 Å². The van der Waals surface area contributed by atoms with Crippen molar-refractivity contribution in [2.45, 2.75) is 30.7 Å². The lowest BCUT2D eigenvalue weighted by Crippen LogP contribution is -2.63. The predicted octanol–water partition coefficient (Wildman–Crippen LogP) is 2.18. The molecule has 0 bridgehead atoms. The summed E-state index contributed by atoms with van der Waals surface area (Å²) in [6, 6.07) is 8.69. The highest BCUT2D eigenvalue weighted by molar-refractivity contribution is 5.91. The fraction of sp³-hybridized carbons (Fsp3) is 0.474. The first-order valence-corrected chi connectivity index (χ1v) is 8.15. The molecule has 0 radical (unpaired) electrons. The van der Waals surface area contributed by atoms with Crippen molar-refractivity contribution in [3.8, 4) is 0 Å². The number of methoxy groups -OCH3 is 2. The summed E-state index contributed by atoms with van der Waals surface area (Å²) in [7, 11) is 2.90. The summed E-state index contributed by atoms with van der Waals surface area (Å²) in [4.78, 5) is 24.9. The van der Waals surface area contributed by atoms with Crippen LogP contribution in [-0.4, -0.2) is 57.0 Å². The number of esters is 1. The first-order valence-electron chi connectivity index (χ1n) is 8.15. The van der Waals surface area contributed by atoms with E-state index in [0.29, 0.717) is 12.0 Å². The van der Waals surface area contributed by atoms with E-state index in [1.807, 2.05) is 6.07 Å². The minimum Gasteiger partial charge on any atom is -0.456 e. The van der Waals surface area contributed by atoms with E-state index in [-0.39, 0.29) is 25.4 Å². The molecule has 2 rings (SSSR count). The molecule has 0 unspecified atom stereocenters. The fourth-order valence-electron chi connectivity index (χ4n) is 3.08. The van der Waals surface area contributed by atoms with Crippen molar-refractivity contribution in [3.63, 3.8) is 0 Å². The average molecular weight is 348 g/mol. The van der Waals surface area contributed by atoms with Gasteiger partial charge in [-0.2, -0.15) is 0 Å². The zero-order valence-electron chi connectivity index (χ0n) is 14.6. The maximum Gasteiger partial charge on any atom is 0.338 e. The van der Waals surface area contributed by atoms with Crippen molar-refractivity contribution in [2.75, 3.05) is 27.4 Å². The minimum atomic E-state index is -1.31. The van der Waals surface area contributed by atoms with E-state index in [0.717, 1.165) is 0 Å². The summed E-state index contributed by atoms with van der Waals surface area (Å²) < 4.78 is 22.1. The fourth-order valence-corrected chi connectivity index (χ4v) is 3.08. The van der Waals surface area contributed by atoms with E-state index < -0.39 is 23.8 Å². The number of rotatable bonds is 8. The zero-order valence-corrected chi connectivity index (χ0v) is 14.6. The molecule has 0 aliphatic heterocycles. The lowest BCUT2D eigenvalue weighted by molar-refractivity contribution is -0.200. The molecule has 0 saturated heterocycles. The van der Waals surface area contributed by atoms with Gasteiger partial charge in [0.2, 0.25) is 0 Å². The number of Topliss-reactive ketones (excluding diaryl/α,β-unsaturated/α-hetero) is 1. The molecule has 1 aromatic rings. The van der Waals surface area contributed by atoms with E-state index in [4.69, 9.17) is 18.9 Å². The van der Waals surface area contributed by atoms with Gasteiger partial charge >= 0.3 is 5.97 Å².